The highest BCUT2D eigenvalue weighted by Gasteiger charge is 2.24. The van der Waals surface area contributed by atoms with Crippen molar-refractivity contribution in [3.63, 3.8) is 0 Å². The first-order chi connectivity index (χ1) is 7.81. The number of rotatable bonds is 5. The molecule has 0 spiro atoms. The Kier molecular flexibility index (Phi) is 3.83. The van der Waals surface area contributed by atoms with Crippen LogP contribution in [0.4, 0.5) is 5.82 Å². The van der Waals surface area contributed by atoms with Crippen LogP contribution < -0.4 is 5.32 Å². The first-order valence-electron chi connectivity index (χ1n) is 6.21. The SMILES string of the molecule is CCCCn1nccc1NC1CCOC1C. The Bertz CT molecular complexity index is 324. The second kappa shape index (κ2) is 5.34. The predicted octanol–water partition coefficient (Wildman–Crippen LogP) is 2.27. The van der Waals surface area contributed by atoms with Gasteiger partial charge in [-0.1, -0.05) is 13.3 Å². The average Bonchev–Trinajstić information content (AvgIpc) is 2.87. The molecule has 16 heavy (non-hydrogen) atoms. The number of unbranched alkanes of at least 4 members (excludes halogenated alkanes) is 1. The molecule has 1 aliphatic heterocycles. The van der Waals surface area contributed by atoms with E-state index in [-0.39, 0.29) is 0 Å². The van der Waals surface area contributed by atoms with Gasteiger partial charge >= 0.3 is 0 Å². The van der Waals surface area contributed by atoms with E-state index < -0.39 is 0 Å². The molecular weight excluding hydrogens is 202 g/mol. The van der Waals surface area contributed by atoms with Gasteiger partial charge in [0.2, 0.25) is 0 Å². The molecule has 2 rings (SSSR count). The maximum Gasteiger partial charge on any atom is 0.124 e. The van der Waals surface area contributed by atoms with Crippen molar-refractivity contribution < 1.29 is 4.74 Å². The molecule has 90 valence electrons. The number of nitrogens with one attached hydrogen (secondary N) is 1. The standard InChI is InChI=1S/C12H21N3O/c1-3-4-8-15-12(5-7-13-15)14-11-6-9-16-10(11)2/h5,7,10-11,14H,3-4,6,8-9H2,1-2H3. The third kappa shape index (κ3) is 2.55. The van der Waals surface area contributed by atoms with Gasteiger partial charge in [0.15, 0.2) is 0 Å². The first-order valence-corrected chi connectivity index (χ1v) is 6.21. The summed E-state index contributed by atoms with van der Waals surface area (Å²) in [5.41, 5.74) is 0. The minimum Gasteiger partial charge on any atom is -0.376 e. The van der Waals surface area contributed by atoms with Gasteiger partial charge in [-0.25, -0.2) is 4.68 Å². The summed E-state index contributed by atoms with van der Waals surface area (Å²) in [5.74, 6) is 1.12. The van der Waals surface area contributed by atoms with Crippen LogP contribution in [0.2, 0.25) is 0 Å². The summed E-state index contributed by atoms with van der Waals surface area (Å²) in [4.78, 5) is 0. The highest BCUT2D eigenvalue weighted by atomic mass is 16.5. The van der Waals surface area contributed by atoms with Crippen LogP contribution in [-0.2, 0) is 11.3 Å². The number of hydrogen-bond acceptors (Lipinski definition) is 3. The van der Waals surface area contributed by atoms with Gasteiger partial charge < -0.3 is 10.1 Å². The van der Waals surface area contributed by atoms with Crippen LogP contribution in [0.25, 0.3) is 0 Å². The summed E-state index contributed by atoms with van der Waals surface area (Å²) in [6.07, 6.45) is 5.61. The average molecular weight is 223 g/mol. The van der Waals surface area contributed by atoms with Crippen LogP contribution in [-0.4, -0.2) is 28.5 Å². The molecule has 1 fully saturated rings. The van der Waals surface area contributed by atoms with Gasteiger partial charge in [-0.3, -0.25) is 0 Å². The van der Waals surface area contributed by atoms with E-state index in [4.69, 9.17) is 4.74 Å². The molecule has 2 atom stereocenters. The highest BCUT2D eigenvalue weighted by Crippen LogP contribution is 2.18. The van der Waals surface area contributed by atoms with Crippen molar-refractivity contribution >= 4 is 5.82 Å². The summed E-state index contributed by atoms with van der Waals surface area (Å²) in [6.45, 7) is 6.18. The van der Waals surface area contributed by atoms with E-state index in [1.807, 2.05) is 12.3 Å². The first kappa shape index (κ1) is 11.5. The Morgan fingerprint density at radius 3 is 3.19 bits per heavy atom. The number of anilines is 1. The Morgan fingerprint density at radius 2 is 2.50 bits per heavy atom. The summed E-state index contributed by atoms with van der Waals surface area (Å²) in [6, 6.07) is 2.47. The maximum atomic E-state index is 5.54. The molecule has 0 radical (unpaired) electrons. The molecule has 0 amide bonds. The van der Waals surface area contributed by atoms with Crippen molar-refractivity contribution in [1.82, 2.24) is 9.78 Å². The monoisotopic (exact) mass is 223 g/mol. The van der Waals surface area contributed by atoms with Crippen LogP contribution in [0, 0.1) is 0 Å². The predicted molar refractivity (Wildman–Crippen MR) is 64.6 cm³/mol. The molecule has 1 N–H and O–H groups in total. The molecule has 1 saturated heterocycles. The number of hydrogen-bond donors (Lipinski definition) is 1. The normalized spacial score (nSPS) is 24.9. The summed E-state index contributed by atoms with van der Waals surface area (Å²) in [5, 5.41) is 7.86. The van der Waals surface area contributed by atoms with Gasteiger partial charge in [0.1, 0.15) is 5.82 Å². The number of aromatic nitrogens is 2. The lowest BCUT2D eigenvalue weighted by Gasteiger charge is -2.18. The quantitative estimate of drug-likeness (QED) is 0.832. The smallest absolute Gasteiger partial charge is 0.124 e. The molecule has 1 aliphatic rings. The number of nitrogens with zero attached hydrogens (tertiary/aromatic N) is 2. The molecule has 2 unspecified atom stereocenters. The minimum absolute atomic E-state index is 0.300. The molecule has 4 heteroatoms. The van der Waals surface area contributed by atoms with Crippen LogP contribution in [0.1, 0.15) is 33.1 Å². The highest BCUT2D eigenvalue weighted by molar-refractivity contribution is 5.35. The van der Waals surface area contributed by atoms with Crippen LogP contribution in [0.5, 0.6) is 0 Å². The Labute approximate surface area is 97.0 Å². The Hall–Kier alpha value is -1.03. The van der Waals surface area contributed by atoms with Gasteiger partial charge in [0, 0.05) is 19.2 Å². The summed E-state index contributed by atoms with van der Waals surface area (Å²) >= 11 is 0. The number of aryl methyl sites for hydroxylation is 1. The van der Waals surface area contributed by atoms with Crippen molar-refractivity contribution in [3.05, 3.63) is 12.3 Å². The summed E-state index contributed by atoms with van der Waals surface area (Å²) in [7, 11) is 0. The van der Waals surface area contributed by atoms with E-state index in [9.17, 15) is 0 Å². The van der Waals surface area contributed by atoms with Gasteiger partial charge in [-0.2, -0.15) is 5.10 Å². The van der Waals surface area contributed by atoms with Crippen molar-refractivity contribution in [3.8, 4) is 0 Å². The van der Waals surface area contributed by atoms with Gasteiger partial charge in [-0.15, -0.1) is 0 Å². The van der Waals surface area contributed by atoms with Gasteiger partial charge in [-0.05, 0) is 19.8 Å². The Balaban J connectivity index is 1.95. The Morgan fingerprint density at radius 1 is 1.62 bits per heavy atom. The van der Waals surface area contributed by atoms with E-state index in [1.165, 1.54) is 12.8 Å². The van der Waals surface area contributed by atoms with Gasteiger partial charge in [0.05, 0.1) is 18.3 Å². The lowest BCUT2D eigenvalue weighted by molar-refractivity contribution is 0.121. The zero-order valence-electron chi connectivity index (χ0n) is 10.1. The lowest BCUT2D eigenvalue weighted by atomic mass is 10.1. The van der Waals surface area contributed by atoms with E-state index in [1.54, 1.807) is 0 Å². The molecule has 0 aromatic carbocycles. The fourth-order valence-corrected chi connectivity index (χ4v) is 2.05. The fraction of sp³-hybridized carbons (Fsp3) is 0.750. The van der Waals surface area contributed by atoms with Crippen LogP contribution >= 0.6 is 0 Å². The largest absolute Gasteiger partial charge is 0.376 e. The van der Waals surface area contributed by atoms with E-state index >= 15 is 0 Å². The topological polar surface area (TPSA) is 39.1 Å². The van der Waals surface area contributed by atoms with Crippen LogP contribution in [0.15, 0.2) is 12.3 Å². The molecule has 1 aromatic heterocycles. The van der Waals surface area contributed by atoms with E-state index in [2.05, 4.69) is 28.9 Å². The molecule has 0 bridgehead atoms. The van der Waals surface area contributed by atoms with E-state index in [0.29, 0.717) is 12.1 Å². The molecule has 0 aliphatic carbocycles. The summed E-state index contributed by atoms with van der Waals surface area (Å²) < 4.78 is 7.59. The van der Waals surface area contributed by atoms with Gasteiger partial charge in [0.25, 0.3) is 0 Å². The zero-order valence-corrected chi connectivity index (χ0v) is 10.1. The minimum atomic E-state index is 0.300. The van der Waals surface area contributed by atoms with Crippen molar-refractivity contribution in [2.45, 2.75) is 51.8 Å². The van der Waals surface area contributed by atoms with Crippen molar-refractivity contribution in [2.24, 2.45) is 0 Å². The zero-order chi connectivity index (χ0) is 11.4. The fourth-order valence-electron chi connectivity index (χ4n) is 2.05. The molecule has 0 saturated carbocycles. The molecule has 2 heterocycles. The van der Waals surface area contributed by atoms with Crippen molar-refractivity contribution in [1.29, 1.82) is 0 Å². The number of ether oxygens (including phenoxy) is 1. The second-order valence-corrected chi connectivity index (χ2v) is 4.41. The lowest BCUT2D eigenvalue weighted by Crippen LogP contribution is -2.28. The molecular formula is C12H21N3O. The van der Waals surface area contributed by atoms with Crippen LogP contribution in [0.3, 0.4) is 0 Å². The van der Waals surface area contributed by atoms with Crippen molar-refractivity contribution in [2.75, 3.05) is 11.9 Å². The second-order valence-electron chi connectivity index (χ2n) is 4.41. The molecule has 1 aromatic rings. The van der Waals surface area contributed by atoms with E-state index in [0.717, 1.165) is 25.4 Å². The maximum absolute atomic E-state index is 5.54. The molecule has 4 nitrogen and oxygen atoms in total. The third-order valence-corrected chi connectivity index (χ3v) is 3.15. The third-order valence-electron chi connectivity index (χ3n) is 3.15.